The van der Waals surface area contributed by atoms with E-state index in [0.717, 1.165) is 15.7 Å². The third kappa shape index (κ3) is 6.52. The number of rotatable bonds is 8. The molecule has 0 aliphatic carbocycles. The van der Waals surface area contributed by atoms with E-state index in [0.29, 0.717) is 5.75 Å². The molecule has 0 aliphatic heterocycles. The quantitative estimate of drug-likeness (QED) is 0.638. The zero-order chi connectivity index (χ0) is 18.9. The Labute approximate surface area is 161 Å². The molecule has 1 amide bonds. The number of esters is 1. The molecule has 0 atom stereocenters. The summed E-state index contributed by atoms with van der Waals surface area (Å²) in [5, 5.41) is 2.78. The van der Waals surface area contributed by atoms with Crippen LogP contribution in [0.3, 0.4) is 0 Å². The molecular formula is C20H22BrNO4. The first kappa shape index (κ1) is 20.0. The van der Waals surface area contributed by atoms with Crippen LogP contribution in [0.5, 0.6) is 5.75 Å². The number of halogens is 1. The van der Waals surface area contributed by atoms with Crippen molar-refractivity contribution in [2.75, 3.05) is 18.5 Å². The number of carbonyl (C=O) groups is 2. The summed E-state index contributed by atoms with van der Waals surface area (Å²) in [4.78, 5) is 23.7. The monoisotopic (exact) mass is 419 g/mol. The van der Waals surface area contributed by atoms with Crippen LogP contribution in [0.25, 0.3) is 0 Å². The van der Waals surface area contributed by atoms with Crippen molar-refractivity contribution in [3.05, 3.63) is 58.6 Å². The highest BCUT2D eigenvalue weighted by molar-refractivity contribution is 9.10. The molecule has 2 aromatic carbocycles. The van der Waals surface area contributed by atoms with E-state index in [1.54, 1.807) is 6.07 Å². The predicted molar refractivity (Wildman–Crippen MR) is 104 cm³/mol. The number of para-hydroxylation sites is 1. The highest BCUT2D eigenvalue weighted by atomic mass is 79.9. The van der Waals surface area contributed by atoms with Crippen LogP contribution >= 0.6 is 15.9 Å². The van der Waals surface area contributed by atoms with E-state index in [1.807, 2.05) is 42.5 Å². The number of amides is 1. The minimum Gasteiger partial charge on any atom is -0.493 e. The van der Waals surface area contributed by atoms with Gasteiger partial charge in [-0.05, 0) is 35.7 Å². The third-order valence-electron chi connectivity index (χ3n) is 3.59. The van der Waals surface area contributed by atoms with Crippen molar-refractivity contribution in [3.63, 3.8) is 0 Å². The van der Waals surface area contributed by atoms with Crippen molar-refractivity contribution >= 4 is 33.5 Å². The lowest BCUT2D eigenvalue weighted by molar-refractivity contribution is -0.147. The largest absolute Gasteiger partial charge is 0.493 e. The van der Waals surface area contributed by atoms with E-state index in [4.69, 9.17) is 9.47 Å². The fourth-order valence-corrected chi connectivity index (χ4v) is 2.71. The van der Waals surface area contributed by atoms with E-state index < -0.39 is 5.97 Å². The Bertz CT molecular complexity index is 761. The molecule has 1 N–H and O–H groups in total. The molecule has 0 saturated carbocycles. The summed E-state index contributed by atoms with van der Waals surface area (Å²) in [7, 11) is 0. The number of hydrogen-bond donors (Lipinski definition) is 1. The minimum atomic E-state index is -0.479. The van der Waals surface area contributed by atoms with E-state index in [2.05, 4.69) is 35.1 Å². The highest BCUT2D eigenvalue weighted by Gasteiger charge is 2.11. The molecule has 0 spiro atoms. The number of anilines is 1. The van der Waals surface area contributed by atoms with Crippen molar-refractivity contribution in [2.45, 2.75) is 26.2 Å². The number of carbonyl (C=O) groups excluding carboxylic acids is 2. The molecule has 26 heavy (non-hydrogen) atoms. The third-order valence-corrected chi connectivity index (χ3v) is 4.09. The van der Waals surface area contributed by atoms with Gasteiger partial charge in [0.15, 0.2) is 6.61 Å². The van der Waals surface area contributed by atoms with Crippen molar-refractivity contribution in [1.82, 2.24) is 0 Å². The van der Waals surface area contributed by atoms with Gasteiger partial charge in [0.2, 0.25) is 0 Å². The molecule has 2 rings (SSSR count). The first-order valence-electron chi connectivity index (χ1n) is 8.38. The van der Waals surface area contributed by atoms with Gasteiger partial charge < -0.3 is 14.8 Å². The molecule has 0 fully saturated rings. The molecular weight excluding hydrogens is 398 g/mol. The minimum absolute atomic E-state index is 0.0718. The van der Waals surface area contributed by atoms with Crippen molar-refractivity contribution in [1.29, 1.82) is 0 Å². The summed E-state index contributed by atoms with van der Waals surface area (Å²) >= 11 is 3.35. The van der Waals surface area contributed by atoms with Gasteiger partial charge in [0, 0.05) is 10.2 Å². The van der Waals surface area contributed by atoms with Crippen molar-refractivity contribution in [2.24, 2.45) is 0 Å². The maximum absolute atomic E-state index is 12.0. The first-order chi connectivity index (χ1) is 12.5. The number of benzene rings is 2. The van der Waals surface area contributed by atoms with Crippen LogP contribution in [0.15, 0.2) is 53.0 Å². The second-order valence-electron chi connectivity index (χ2n) is 6.01. The molecule has 0 radical (unpaired) electrons. The smallest absolute Gasteiger partial charge is 0.309 e. The summed E-state index contributed by atoms with van der Waals surface area (Å²) < 4.78 is 11.4. The second kappa shape index (κ2) is 9.97. The van der Waals surface area contributed by atoms with Gasteiger partial charge in [-0.3, -0.25) is 9.59 Å². The van der Waals surface area contributed by atoms with Crippen LogP contribution in [-0.4, -0.2) is 25.1 Å². The highest BCUT2D eigenvalue weighted by Crippen LogP contribution is 2.23. The summed E-state index contributed by atoms with van der Waals surface area (Å²) in [5.74, 6) is 0.103. The topological polar surface area (TPSA) is 64.6 Å². The standard InChI is InChI=1S/C20H22BrNO4/c1-14(2)17-8-3-4-9-18(17)22-19(23)13-26-20(24)10-11-25-16-7-5-6-15(21)12-16/h3-9,12,14H,10-11,13H2,1-2H3,(H,22,23). The molecule has 0 heterocycles. The van der Waals surface area contributed by atoms with Crippen LogP contribution in [0.1, 0.15) is 31.7 Å². The van der Waals surface area contributed by atoms with E-state index in [9.17, 15) is 9.59 Å². The Morgan fingerprint density at radius 1 is 1.12 bits per heavy atom. The predicted octanol–water partition coefficient (Wildman–Crippen LogP) is 4.52. The normalized spacial score (nSPS) is 10.5. The lowest BCUT2D eigenvalue weighted by Crippen LogP contribution is -2.22. The van der Waals surface area contributed by atoms with Crippen LogP contribution in [-0.2, 0) is 14.3 Å². The maximum Gasteiger partial charge on any atom is 0.309 e. The van der Waals surface area contributed by atoms with Gasteiger partial charge in [0.05, 0.1) is 13.0 Å². The van der Waals surface area contributed by atoms with E-state index >= 15 is 0 Å². The Kier molecular flexibility index (Phi) is 7.66. The lowest BCUT2D eigenvalue weighted by Gasteiger charge is -2.13. The fraction of sp³-hybridized carbons (Fsp3) is 0.300. The van der Waals surface area contributed by atoms with E-state index in [-0.39, 0.29) is 31.5 Å². The molecule has 0 unspecified atom stereocenters. The Hall–Kier alpha value is -2.34. The zero-order valence-electron chi connectivity index (χ0n) is 14.8. The van der Waals surface area contributed by atoms with Gasteiger partial charge >= 0.3 is 5.97 Å². The second-order valence-corrected chi connectivity index (χ2v) is 6.92. The van der Waals surface area contributed by atoms with Gasteiger partial charge in [-0.15, -0.1) is 0 Å². The summed E-state index contributed by atoms with van der Waals surface area (Å²) in [6.45, 7) is 3.97. The molecule has 0 bridgehead atoms. The average Bonchev–Trinajstić information content (AvgIpc) is 2.60. The maximum atomic E-state index is 12.0. The first-order valence-corrected chi connectivity index (χ1v) is 9.18. The zero-order valence-corrected chi connectivity index (χ0v) is 16.4. The Morgan fingerprint density at radius 3 is 2.62 bits per heavy atom. The van der Waals surface area contributed by atoms with Crippen molar-refractivity contribution < 1.29 is 19.1 Å². The van der Waals surface area contributed by atoms with Crippen molar-refractivity contribution in [3.8, 4) is 5.75 Å². The Balaban J connectivity index is 1.72. The van der Waals surface area contributed by atoms with Crippen LogP contribution in [0.4, 0.5) is 5.69 Å². The van der Waals surface area contributed by atoms with Gasteiger partial charge in [-0.1, -0.05) is 54.0 Å². The molecule has 0 aliphatic rings. The molecule has 5 nitrogen and oxygen atoms in total. The Morgan fingerprint density at radius 2 is 1.88 bits per heavy atom. The van der Waals surface area contributed by atoms with E-state index in [1.165, 1.54) is 0 Å². The number of nitrogens with one attached hydrogen (secondary N) is 1. The SMILES string of the molecule is CC(C)c1ccccc1NC(=O)COC(=O)CCOc1cccc(Br)c1. The van der Waals surface area contributed by atoms with Gasteiger partial charge in [0.25, 0.3) is 5.91 Å². The van der Waals surface area contributed by atoms with Gasteiger partial charge in [-0.25, -0.2) is 0 Å². The lowest BCUT2D eigenvalue weighted by atomic mass is 10.0. The molecule has 0 aromatic heterocycles. The molecule has 2 aromatic rings. The summed E-state index contributed by atoms with van der Waals surface area (Å²) in [5.41, 5.74) is 1.77. The average molecular weight is 420 g/mol. The van der Waals surface area contributed by atoms with Crippen LogP contribution in [0.2, 0.25) is 0 Å². The number of ether oxygens (including phenoxy) is 2. The summed E-state index contributed by atoms with van der Waals surface area (Å²) in [6, 6.07) is 14.9. The van der Waals surface area contributed by atoms with Crippen LogP contribution in [0, 0.1) is 0 Å². The van der Waals surface area contributed by atoms with Gasteiger partial charge in [0.1, 0.15) is 5.75 Å². The van der Waals surface area contributed by atoms with Crippen LogP contribution < -0.4 is 10.1 Å². The summed E-state index contributed by atoms with van der Waals surface area (Å²) in [6.07, 6.45) is 0.0718. The molecule has 6 heteroatoms. The molecule has 138 valence electrons. The molecule has 0 saturated heterocycles. The fourth-order valence-electron chi connectivity index (χ4n) is 2.33. The number of hydrogen-bond acceptors (Lipinski definition) is 4. The van der Waals surface area contributed by atoms with Gasteiger partial charge in [-0.2, -0.15) is 0 Å².